The van der Waals surface area contributed by atoms with Crippen LogP contribution in [0.5, 0.6) is 0 Å². The summed E-state index contributed by atoms with van der Waals surface area (Å²) in [4.78, 5) is 12.4. The van der Waals surface area contributed by atoms with Crippen LogP contribution in [-0.2, 0) is 0 Å². The summed E-state index contributed by atoms with van der Waals surface area (Å²) in [6, 6.07) is -0.0625. The zero-order valence-electron chi connectivity index (χ0n) is 5.98. The molecule has 0 aliphatic heterocycles. The van der Waals surface area contributed by atoms with Gasteiger partial charge in [0.25, 0.3) is 0 Å². The van der Waals surface area contributed by atoms with Crippen molar-refractivity contribution in [1.82, 2.24) is 10.2 Å². The maximum Gasteiger partial charge on any atom is 0.320 e. The van der Waals surface area contributed by atoms with Crippen LogP contribution < -0.4 is 5.32 Å². The summed E-state index contributed by atoms with van der Waals surface area (Å²) in [7, 11) is 1.61. The third kappa shape index (κ3) is 2.26. The first-order valence-corrected chi connectivity index (χ1v) is 3.02. The van der Waals surface area contributed by atoms with Gasteiger partial charge in [0.15, 0.2) is 6.54 Å². The number of nitrogens with one attached hydrogen (secondary N) is 1. The van der Waals surface area contributed by atoms with Crippen molar-refractivity contribution in [3.8, 4) is 0 Å². The molecule has 0 aromatic heterocycles. The highest BCUT2D eigenvalue weighted by atomic mass is 16.2. The van der Waals surface area contributed by atoms with Crippen LogP contribution >= 0.6 is 0 Å². The third-order valence-electron chi connectivity index (χ3n) is 1.15. The normalized spacial score (nSPS) is 8.67. The van der Waals surface area contributed by atoms with Gasteiger partial charge in [-0.3, -0.25) is 4.90 Å². The van der Waals surface area contributed by atoms with Crippen LogP contribution in [0, 0.1) is 6.92 Å². The summed E-state index contributed by atoms with van der Waals surface area (Å²) in [6.45, 7) is 6.74. The lowest BCUT2D eigenvalue weighted by Gasteiger charge is -2.13. The van der Waals surface area contributed by atoms with E-state index in [-0.39, 0.29) is 6.03 Å². The standard InChI is InChI=1S/C6H12N2O/c1-4-8(5-2)6(9)7-3/h1,4-5H2,2-3H3/p+1. The first-order chi connectivity index (χ1) is 4.26. The van der Waals surface area contributed by atoms with Crippen molar-refractivity contribution in [3.05, 3.63) is 6.92 Å². The average molecular weight is 129 g/mol. The van der Waals surface area contributed by atoms with Crippen LogP contribution in [0.4, 0.5) is 4.79 Å². The summed E-state index contributed by atoms with van der Waals surface area (Å²) in [5.74, 6) is 0. The van der Waals surface area contributed by atoms with Crippen LogP contribution in [0.2, 0.25) is 0 Å². The Kier molecular flexibility index (Phi) is 3.67. The highest BCUT2D eigenvalue weighted by Crippen LogP contribution is 1.84. The van der Waals surface area contributed by atoms with Gasteiger partial charge >= 0.3 is 6.03 Å². The Morgan fingerprint density at radius 1 is 1.78 bits per heavy atom. The quantitative estimate of drug-likeness (QED) is 0.540. The lowest BCUT2D eigenvalue weighted by molar-refractivity contribution is 0.208. The molecule has 0 rings (SSSR count). The number of carbonyl (C=O) groups is 1. The SMILES string of the molecule is [CH2+]CN(CC)C(=O)NC. The summed E-state index contributed by atoms with van der Waals surface area (Å²) in [6.07, 6.45) is 0. The number of hydrogen-bond donors (Lipinski definition) is 1. The Morgan fingerprint density at radius 3 is 2.44 bits per heavy atom. The second kappa shape index (κ2) is 4.06. The molecule has 0 aromatic carbocycles. The Bertz CT molecular complexity index is 89.1. The molecule has 0 spiro atoms. The van der Waals surface area contributed by atoms with E-state index in [4.69, 9.17) is 0 Å². The smallest absolute Gasteiger partial charge is 0.320 e. The Hall–Kier alpha value is -0.860. The van der Waals surface area contributed by atoms with E-state index in [2.05, 4.69) is 12.2 Å². The first-order valence-electron chi connectivity index (χ1n) is 3.02. The molecule has 0 heterocycles. The number of rotatable bonds is 2. The zero-order valence-corrected chi connectivity index (χ0v) is 5.98. The van der Waals surface area contributed by atoms with E-state index in [1.165, 1.54) is 0 Å². The van der Waals surface area contributed by atoms with Crippen molar-refractivity contribution in [2.45, 2.75) is 6.92 Å². The van der Waals surface area contributed by atoms with Crippen LogP contribution in [-0.4, -0.2) is 31.1 Å². The van der Waals surface area contributed by atoms with Gasteiger partial charge in [0.1, 0.15) is 0 Å². The van der Waals surface area contributed by atoms with Crippen molar-refractivity contribution < 1.29 is 4.79 Å². The molecule has 9 heavy (non-hydrogen) atoms. The monoisotopic (exact) mass is 129 g/mol. The van der Waals surface area contributed by atoms with Gasteiger partial charge in [0.2, 0.25) is 0 Å². The van der Waals surface area contributed by atoms with E-state index in [9.17, 15) is 4.79 Å². The van der Waals surface area contributed by atoms with Crippen molar-refractivity contribution in [1.29, 1.82) is 0 Å². The molecule has 1 N–H and O–H groups in total. The lowest BCUT2D eigenvalue weighted by atomic mass is 10.5. The van der Waals surface area contributed by atoms with Gasteiger partial charge in [-0.05, 0) is 6.92 Å². The van der Waals surface area contributed by atoms with Crippen molar-refractivity contribution >= 4 is 6.03 Å². The van der Waals surface area contributed by atoms with Crippen molar-refractivity contribution in [3.63, 3.8) is 0 Å². The molecule has 0 saturated carbocycles. The minimum absolute atomic E-state index is 0.0625. The molecule has 0 bridgehead atoms. The maximum absolute atomic E-state index is 10.7. The number of urea groups is 1. The van der Waals surface area contributed by atoms with Crippen molar-refractivity contribution in [2.75, 3.05) is 20.1 Å². The van der Waals surface area contributed by atoms with Gasteiger partial charge in [-0.2, -0.15) is 0 Å². The van der Waals surface area contributed by atoms with Gasteiger partial charge in [0.05, 0.1) is 6.92 Å². The highest BCUT2D eigenvalue weighted by molar-refractivity contribution is 5.73. The van der Waals surface area contributed by atoms with Crippen LogP contribution in [0.1, 0.15) is 6.92 Å². The zero-order chi connectivity index (χ0) is 7.28. The van der Waals surface area contributed by atoms with Crippen LogP contribution in [0.25, 0.3) is 0 Å². The van der Waals surface area contributed by atoms with E-state index in [1.54, 1.807) is 11.9 Å². The molecule has 2 amide bonds. The minimum Gasteiger partial charge on any atom is -0.341 e. The fraction of sp³-hybridized carbons (Fsp3) is 0.667. The molecule has 0 saturated heterocycles. The average Bonchev–Trinajstić information content (AvgIpc) is 1.90. The topological polar surface area (TPSA) is 32.3 Å². The van der Waals surface area contributed by atoms with Gasteiger partial charge in [0, 0.05) is 13.6 Å². The fourth-order valence-corrected chi connectivity index (χ4v) is 0.561. The summed E-state index contributed by atoms with van der Waals surface area (Å²) < 4.78 is 0. The van der Waals surface area contributed by atoms with Gasteiger partial charge < -0.3 is 5.32 Å². The molecule has 0 atom stereocenters. The molecule has 3 heteroatoms. The second-order valence-corrected chi connectivity index (χ2v) is 1.63. The third-order valence-corrected chi connectivity index (χ3v) is 1.15. The van der Waals surface area contributed by atoms with E-state index in [1.807, 2.05) is 6.92 Å². The molecular formula is C6H13N2O+. The van der Waals surface area contributed by atoms with E-state index in [0.29, 0.717) is 13.1 Å². The predicted molar refractivity (Wildman–Crippen MR) is 37.1 cm³/mol. The molecule has 0 unspecified atom stereocenters. The van der Waals surface area contributed by atoms with Gasteiger partial charge in [-0.25, -0.2) is 4.79 Å². The Morgan fingerprint density at radius 2 is 2.33 bits per heavy atom. The number of amides is 2. The van der Waals surface area contributed by atoms with E-state index in [0.717, 1.165) is 0 Å². The molecule has 0 radical (unpaired) electrons. The molecular weight excluding hydrogens is 116 g/mol. The molecule has 52 valence electrons. The second-order valence-electron chi connectivity index (χ2n) is 1.63. The van der Waals surface area contributed by atoms with Crippen LogP contribution in [0.15, 0.2) is 0 Å². The Balaban J connectivity index is 3.64. The molecule has 0 fully saturated rings. The molecule has 0 aromatic rings. The number of hydrogen-bond acceptors (Lipinski definition) is 1. The Labute approximate surface area is 56.0 Å². The van der Waals surface area contributed by atoms with Crippen LogP contribution in [0.3, 0.4) is 0 Å². The summed E-state index contributed by atoms with van der Waals surface area (Å²) in [5.41, 5.74) is 0. The lowest BCUT2D eigenvalue weighted by Crippen LogP contribution is -2.37. The highest BCUT2D eigenvalue weighted by Gasteiger charge is 2.07. The summed E-state index contributed by atoms with van der Waals surface area (Å²) >= 11 is 0. The van der Waals surface area contributed by atoms with Crippen molar-refractivity contribution in [2.24, 2.45) is 0 Å². The first kappa shape index (κ1) is 8.14. The molecule has 0 aliphatic rings. The maximum atomic E-state index is 10.7. The fourth-order valence-electron chi connectivity index (χ4n) is 0.561. The van der Waals surface area contributed by atoms with Gasteiger partial charge in [-0.1, -0.05) is 0 Å². The largest absolute Gasteiger partial charge is 0.341 e. The van der Waals surface area contributed by atoms with Gasteiger partial charge in [-0.15, -0.1) is 0 Å². The molecule has 0 aliphatic carbocycles. The summed E-state index contributed by atoms with van der Waals surface area (Å²) in [5, 5.41) is 2.51. The predicted octanol–water partition coefficient (Wildman–Crippen LogP) is 0.482. The minimum atomic E-state index is -0.0625. The number of nitrogens with zero attached hydrogens (tertiary/aromatic N) is 1. The number of carbonyl (C=O) groups excluding carboxylic acids is 1. The molecule has 3 nitrogen and oxygen atoms in total. The van der Waals surface area contributed by atoms with E-state index < -0.39 is 0 Å². The van der Waals surface area contributed by atoms with E-state index >= 15 is 0 Å².